The number of ether oxygens (including phenoxy) is 1. The summed E-state index contributed by atoms with van der Waals surface area (Å²) < 4.78 is 6.13. The van der Waals surface area contributed by atoms with Crippen molar-refractivity contribution in [2.75, 3.05) is 13.2 Å². The molecule has 0 fully saturated rings. The van der Waals surface area contributed by atoms with Gasteiger partial charge in [0.1, 0.15) is 6.10 Å². The molecule has 112 valence electrons. The maximum atomic E-state index is 8.78. The Morgan fingerprint density at radius 3 is 1.76 bits per heavy atom. The SMILES string of the molecule is OCCCCCCOC(c1ccccc1)c1ccccc1. The van der Waals surface area contributed by atoms with Crippen LogP contribution < -0.4 is 0 Å². The molecule has 0 heterocycles. The van der Waals surface area contributed by atoms with Gasteiger partial charge in [0, 0.05) is 13.2 Å². The van der Waals surface area contributed by atoms with Crippen LogP contribution in [-0.4, -0.2) is 18.3 Å². The van der Waals surface area contributed by atoms with Gasteiger partial charge in [-0.1, -0.05) is 73.5 Å². The molecular formula is C19H24O2. The fraction of sp³-hybridized carbons (Fsp3) is 0.368. The van der Waals surface area contributed by atoms with Gasteiger partial charge in [0.05, 0.1) is 0 Å². The van der Waals surface area contributed by atoms with Crippen LogP contribution in [0.4, 0.5) is 0 Å². The molecule has 0 unspecified atom stereocenters. The van der Waals surface area contributed by atoms with E-state index in [9.17, 15) is 0 Å². The summed E-state index contributed by atoms with van der Waals surface area (Å²) in [5.41, 5.74) is 2.39. The van der Waals surface area contributed by atoms with E-state index >= 15 is 0 Å². The van der Waals surface area contributed by atoms with Gasteiger partial charge >= 0.3 is 0 Å². The average Bonchev–Trinajstić information content (AvgIpc) is 2.56. The number of unbranched alkanes of at least 4 members (excludes halogenated alkanes) is 3. The van der Waals surface area contributed by atoms with Crippen molar-refractivity contribution in [3.8, 4) is 0 Å². The van der Waals surface area contributed by atoms with Crippen molar-refractivity contribution in [2.45, 2.75) is 31.8 Å². The molecule has 0 aliphatic carbocycles. The summed E-state index contributed by atoms with van der Waals surface area (Å²) in [5.74, 6) is 0. The molecule has 0 amide bonds. The average molecular weight is 284 g/mol. The first kappa shape index (κ1) is 15.7. The lowest BCUT2D eigenvalue weighted by Gasteiger charge is -2.19. The number of benzene rings is 2. The van der Waals surface area contributed by atoms with E-state index in [-0.39, 0.29) is 12.7 Å². The molecule has 0 aromatic heterocycles. The summed E-state index contributed by atoms with van der Waals surface area (Å²) >= 11 is 0. The van der Waals surface area contributed by atoms with Crippen molar-refractivity contribution in [1.29, 1.82) is 0 Å². The Hall–Kier alpha value is -1.64. The zero-order valence-electron chi connectivity index (χ0n) is 12.4. The van der Waals surface area contributed by atoms with Crippen LogP contribution in [0.1, 0.15) is 42.9 Å². The predicted octanol–water partition coefficient (Wildman–Crippen LogP) is 4.35. The molecule has 0 spiro atoms. The first-order chi connectivity index (χ1) is 10.4. The van der Waals surface area contributed by atoms with Crippen LogP contribution in [0.2, 0.25) is 0 Å². The van der Waals surface area contributed by atoms with Crippen LogP contribution >= 0.6 is 0 Å². The monoisotopic (exact) mass is 284 g/mol. The van der Waals surface area contributed by atoms with Crippen LogP contribution in [-0.2, 0) is 4.74 Å². The van der Waals surface area contributed by atoms with Crippen LogP contribution in [0.5, 0.6) is 0 Å². The molecule has 1 N–H and O–H groups in total. The lowest BCUT2D eigenvalue weighted by atomic mass is 10.0. The number of aliphatic hydroxyl groups excluding tert-OH is 1. The maximum absolute atomic E-state index is 8.78. The fourth-order valence-electron chi connectivity index (χ4n) is 2.41. The fourth-order valence-corrected chi connectivity index (χ4v) is 2.41. The quantitative estimate of drug-likeness (QED) is 0.694. The van der Waals surface area contributed by atoms with Gasteiger partial charge in [-0.25, -0.2) is 0 Å². The molecular weight excluding hydrogens is 260 g/mol. The highest BCUT2D eigenvalue weighted by atomic mass is 16.5. The summed E-state index contributed by atoms with van der Waals surface area (Å²) in [6, 6.07) is 20.7. The molecule has 0 radical (unpaired) electrons. The summed E-state index contributed by atoms with van der Waals surface area (Å²) in [7, 11) is 0. The van der Waals surface area contributed by atoms with Crippen LogP contribution in [0.15, 0.2) is 60.7 Å². The minimum atomic E-state index is 0.00485. The highest BCUT2D eigenvalue weighted by Crippen LogP contribution is 2.26. The van der Waals surface area contributed by atoms with E-state index in [1.54, 1.807) is 0 Å². The number of aliphatic hydroxyl groups is 1. The van der Waals surface area contributed by atoms with Gasteiger partial charge in [0.2, 0.25) is 0 Å². The Morgan fingerprint density at radius 2 is 1.24 bits per heavy atom. The van der Waals surface area contributed by atoms with Crippen molar-refractivity contribution < 1.29 is 9.84 Å². The molecule has 2 aromatic carbocycles. The van der Waals surface area contributed by atoms with Crippen molar-refractivity contribution in [3.05, 3.63) is 71.8 Å². The van der Waals surface area contributed by atoms with Crippen LogP contribution in [0, 0.1) is 0 Å². The van der Waals surface area contributed by atoms with Gasteiger partial charge in [-0.15, -0.1) is 0 Å². The van der Waals surface area contributed by atoms with Crippen molar-refractivity contribution in [3.63, 3.8) is 0 Å². The largest absolute Gasteiger partial charge is 0.396 e. The zero-order valence-corrected chi connectivity index (χ0v) is 12.4. The molecule has 0 bridgehead atoms. The molecule has 0 aliphatic heterocycles. The molecule has 2 aromatic rings. The number of hydrogen-bond donors (Lipinski definition) is 1. The van der Waals surface area contributed by atoms with Crippen molar-refractivity contribution in [2.24, 2.45) is 0 Å². The van der Waals surface area contributed by atoms with E-state index in [1.165, 1.54) is 11.1 Å². The van der Waals surface area contributed by atoms with Gasteiger partial charge in [-0.3, -0.25) is 0 Å². The summed E-state index contributed by atoms with van der Waals surface area (Å²) in [6.45, 7) is 1.04. The zero-order chi connectivity index (χ0) is 14.8. The van der Waals surface area contributed by atoms with Gasteiger partial charge < -0.3 is 9.84 Å². The Balaban J connectivity index is 1.94. The third-order valence-electron chi connectivity index (χ3n) is 3.54. The Labute approximate surface area is 127 Å². The van der Waals surface area contributed by atoms with E-state index in [4.69, 9.17) is 9.84 Å². The first-order valence-corrected chi connectivity index (χ1v) is 7.74. The van der Waals surface area contributed by atoms with Gasteiger partial charge in [0.15, 0.2) is 0 Å². The molecule has 2 rings (SSSR count). The number of hydrogen-bond acceptors (Lipinski definition) is 2. The smallest absolute Gasteiger partial charge is 0.108 e. The van der Waals surface area contributed by atoms with Gasteiger partial charge in [-0.2, -0.15) is 0 Å². The molecule has 0 saturated carbocycles. The first-order valence-electron chi connectivity index (χ1n) is 7.74. The summed E-state index contributed by atoms with van der Waals surface area (Å²) in [6.07, 6.45) is 4.11. The lowest BCUT2D eigenvalue weighted by molar-refractivity contribution is 0.0766. The van der Waals surface area contributed by atoms with Gasteiger partial charge in [-0.05, 0) is 24.0 Å². The lowest BCUT2D eigenvalue weighted by Crippen LogP contribution is -2.07. The standard InChI is InChI=1S/C19H24O2/c20-15-9-1-2-10-16-21-19(17-11-5-3-6-12-17)18-13-7-4-8-14-18/h3-8,11-14,19-20H,1-2,9-10,15-16H2. The second kappa shape index (κ2) is 9.32. The topological polar surface area (TPSA) is 29.5 Å². The Bertz CT molecular complexity index is 442. The normalized spacial score (nSPS) is 11.0. The second-order valence-electron chi connectivity index (χ2n) is 5.21. The highest BCUT2D eigenvalue weighted by molar-refractivity contribution is 5.29. The predicted molar refractivity (Wildman–Crippen MR) is 86.2 cm³/mol. The van der Waals surface area contributed by atoms with Crippen molar-refractivity contribution >= 4 is 0 Å². The summed E-state index contributed by atoms with van der Waals surface area (Å²) in [4.78, 5) is 0. The highest BCUT2D eigenvalue weighted by Gasteiger charge is 2.13. The molecule has 21 heavy (non-hydrogen) atoms. The Kier molecular flexibility index (Phi) is 6.99. The van der Waals surface area contributed by atoms with E-state index in [2.05, 4.69) is 48.5 Å². The van der Waals surface area contributed by atoms with E-state index in [0.29, 0.717) is 0 Å². The molecule has 0 atom stereocenters. The minimum absolute atomic E-state index is 0.00485. The Morgan fingerprint density at radius 1 is 0.714 bits per heavy atom. The third kappa shape index (κ3) is 5.33. The van der Waals surface area contributed by atoms with Crippen LogP contribution in [0.25, 0.3) is 0 Å². The van der Waals surface area contributed by atoms with E-state index in [1.807, 2.05) is 12.1 Å². The molecule has 0 saturated heterocycles. The third-order valence-corrected chi connectivity index (χ3v) is 3.54. The maximum Gasteiger partial charge on any atom is 0.108 e. The number of rotatable bonds is 9. The van der Waals surface area contributed by atoms with Crippen LogP contribution in [0.3, 0.4) is 0 Å². The van der Waals surface area contributed by atoms with Crippen molar-refractivity contribution in [1.82, 2.24) is 0 Å². The summed E-state index contributed by atoms with van der Waals surface area (Å²) in [5, 5.41) is 8.78. The van der Waals surface area contributed by atoms with E-state index in [0.717, 1.165) is 32.3 Å². The second-order valence-corrected chi connectivity index (χ2v) is 5.21. The van der Waals surface area contributed by atoms with Gasteiger partial charge in [0.25, 0.3) is 0 Å². The minimum Gasteiger partial charge on any atom is -0.396 e. The molecule has 0 aliphatic rings. The van der Waals surface area contributed by atoms with E-state index < -0.39 is 0 Å². The molecule has 2 heteroatoms. The molecule has 2 nitrogen and oxygen atoms in total.